The number of hydrogen-bond acceptors (Lipinski definition) is 6. The first kappa shape index (κ1) is 75.3. The van der Waals surface area contributed by atoms with Crippen LogP contribution < -0.4 is 0 Å². The normalized spacial score (nSPS) is 20.8. The minimum atomic E-state index is 0. The van der Waals surface area contributed by atoms with Crippen LogP contribution in [0.25, 0.3) is 0 Å². The van der Waals surface area contributed by atoms with Crippen molar-refractivity contribution in [3.05, 3.63) is 29.7 Å². The van der Waals surface area contributed by atoms with Crippen LogP contribution in [0.2, 0.25) is 0 Å². The maximum absolute atomic E-state index is 8.62. The third-order valence-electron chi connectivity index (χ3n) is 8.89. The summed E-state index contributed by atoms with van der Waals surface area (Å²) in [6.45, 7) is 16.8. The molecule has 0 radical (unpaired) electrons. The zero-order valence-electron chi connectivity index (χ0n) is 36.4. The zero-order chi connectivity index (χ0) is 32.5. The Labute approximate surface area is 362 Å². The second-order valence-corrected chi connectivity index (χ2v) is 19.5. The fourth-order valence-corrected chi connectivity index (χ4v) is 10.2. The molecule has 4 aliphatic rings. The number of hydrogen-bond donors (Lipinski definition) is 2. The van der Waals surface area contributed by atoms with Gasteiger partial charge < -0.3 is 65.8 Å². The number of aliphatic hydroxyl groups excluding tert-OH is 2. The van der Waals surface area contributed by atoms with E-state index in [-0.39, 0.29) is 93.5 Å². The summed E-state index contributed by atoms with van der Waals surface area (Å²) < 4.78 is 11.4. The Hall–Kier alpha value is 1.46. The van der Waals surface area contributed by atoms with Gasteiger partial charge in [-0.2, -0.15) is 23.5 Å². The van der Waals surface area contributed by atoms with E-state index in [4.69, 9.17) is 19.7 Å². The van der Waals surface area contributed by atoms with Crippen LogP contribution >= 0.6 is 23.5 Å². The van der Waals surface area contributed by atoms with Crippen LogP contribution in [0, 0.1) is 41.5 Å². The number of aliphatic hydroxyl groups is 2. The molecule has 0 saturated heterocycles. The summed E-state index contributed by atoms with van der Waals surface area (Å²) >= 11 is 4.32. The summed E-state index contributed by atoms with van der Waals surface area (Å²) in [6.07, 6.45) is 28.2. The van der Waals surface area contributed by atoms with E-state index in [0.29, 0.717) is 22.7 Å². The maximum Gasteiger partial charge on any atom is 2.00 e. The van der Waals surface area contributed by atoms with Gasteiger partial charge in [0.2, 0.25) is 0 Å². The van der Waals surface area contributed by atoms with Gasteiger partial charge >= 0.3 is 34.1 Å². The first-order chi connectivity index (χ1) is 21.1. The van der Waals surface area contributed by atoms with Crippen LogP contribution in [0.5, 0.6) is 0 Å². The Morgan fingerprint density at radius 1 is 0.453 bits per heavy atom. The van der Waals surface area contributed by atoms with Gasteiger partial charge in [0.05, 0.1) is 26.4 Å². The molecule has 53 heavy (non-hydrogen) atoms. The molecule has 8 N–H and O–H groups in total. The Balaban J connectivity index is -0.0000000725. The molecule has 0 spiro atoms. The van der Waals surface area contributed by atoms with Crippen molar-refractivity contribution in [2.45, 2.75) is 190 Å². The Morgan fingerprint density at radius 3 is 0.943 bits per heavy atom. The summed E-state index contributed by atoms with van der Waals surface area (Å²) in [5.74, 6) is 1.77. The molecule has 0 aromatic carbocycles. The summed E-state index contributed by atoms with van der Waals surface area (Å²) in [5.41, 5.74) is 0. The van der Waals surface area contributed by atoms with Crippen molar-refractivity contribution < 1.29 is 70.3 Å². The molecule has 4 rings (SSSR count). The molecule has 0 amide bonds. The third kappa shape index (κ3) is 46.0. The summed E-state index contributed by atoms with van der Waals surface area (Å²) in [5, 5.41) is 18.9. The average Bonchev–Trinajstić information content (AvgIpc) is 3.79. The molecule has 4 aliphatic carbocycles. The van der Waals surface area contributed by atoms with Gasteiger partial charge in [-0.3, -0.25) is 0 Å². The van der Waals surface area contributed by atoms with Gasteiger partial charge in [-0.25, -0.2) is 0 Å². The van der Waals surface area contributed by atoms with E-state index in [1.165, 1.54) is 116 Å². The predicted octanol–water partition coefficient (Wildman–Crippen LogP) is 10.2. The van der Waals surface area contributed by atoms with Crippen molar-refractivity contribution in [3.63, 3.8) is 0 Å². The first-order valence-electron chi connectivity index (χ1n) is 18.8. The number of thioether (sulfide) groups is 2. The third-order valence-corrected chi connectivity index (χ3v) is 12.1. The molecule has 0 aliphatic heterocycles. The SMILES string of the molecule is C1CCCC1.C1CCCC1.CC(C)(C)SC1CCCC1CCCOCCO.CC(C)(C)SC1CCCC1CCCOCCO.O.O.O.[CH3-].[CH3-].[CH3-].[CH3-].[Fe+2].[Fe+2]. The maximum atomic E-state index is 8.62. The second-order valence-electron chi connectivity index (χ2n) is 15.4. The minimum absolute atomic E-state index is 0. The smallest absolute Gasteiger partial charge is 0.412 e. The van der Waals surface area contributed by atoms with E-state index in [1.807, 2.05) is 0 Å². The van der Waals surface area contributed by atoms with Crippen LogP contribution in [0.15, 0.2) is 0 Å². The number of rotatable bonds is 14. The molecular weight excluding hydrogens is 792 g/mol. The van der Waals surface area contributed by atoms with E-state index < -0.39 is 0 Å². The van der Waals surface area contributed by atoms with Crippen molar-refractivity contribution in [2.24, 2.45) is 11.8 Å². The van der Waals surface area contributed by atoms with Gasteiger partial charge in [0.25, 0.3) is 0 Å². The largest absolute Gasteiger partial charge is 2.00 e. The van der Waals surface area contributed by atoms with Gasteiger partial charge in [0.15, 0.2) is 0 Å². The van der Waals surface area contributed by atoms with Gasteiger partial charge in [0.1, 0.15) is 0 Å². The number of ether oxygens (including phenoxy) is 2. The Bertz CT molecular complexity index is 579. The molecule has 4 atom stereocenters. The first-order valence-corrected chi connectivity index (χ1v) is 20.5. The molecule has 0 aromatic rings. The summed E-state index contributed by atoms with van der Waals surface area (Å²) in [4.78, 5) is 0. The monoisotopic (exact) mass is 887 g/mol. The van der Waals surface area contributed by atoms with Crippen molar-refractivity contribution in [2.75, 3.05) is 39.6 Å². The van der Waals surface area contributed by atoms with Crippen molar-refractivity contribution in [3.8, 4) is 0 Å². The van der Waals surface area contributed by atoms with Crippen LogP contribution in [0.4, 0.5) is 0 Å². The molecule has 4 fully saturated rings. The standard InChI is InChI=1S/2C14H28O2S.2C5H10.4CH3.2Fe.3H2O/c2*1-14(2,3)17-13-8-4-6-12(13)7-5-10-16-11-9-15;2*1-2-4-5-3-1;;;;;;;;;/h2*12-13,15H,4-11H2,1-3H3;2*1-5H2;4*1H3;;;3*1H2/q;;;;4*-1;2*+2;;;. The van der Waals surface area contributed by atoms with Gasteiger partial charge in [0, 0.05) is 33.2 Å². The van der Waals surface area contributed by atoms with E-state index in [9.17, 15) is 0 Å². The fourth-order valence-electron chi connectivity index (χ4n) is 6.88. The average molecular weight is 887 g/mol. The molecular formula is C42H94Fe2O7S2. The molecule has 11 heteroatoms. The van der Waals surface area contributed by atoms with E-state index in [2.05, 4.69) is 65.1 Å². The molecule has 0 heterocycles. The van der Waals surface area contributed by atoms with Gasteiger partial charge in [-0.1, -0.05) is 119 Å². The van der Waals surface area contributed by atoms with Crippen LogP contribution in [0.1, 0.15) is 170 Å². The van der Waals surface area contributed by atoms with Gasteiger partial charge in [-0.05, 0) is 63.2 Å². The molecule has 332 valence electrons. The fraction of sp³-hybridized carbons (Fsp3) is 0.905. The second kappa shape index (κ2) is 47.8. The van der Waals surface area contributed by atoms with Crippen molar-refractivity contribution in [1.29, 1.82) is 0 Å². The van der Waals surface area contributed by atoms with Crippen LogP contribution in [-0.4, -0.2) is 86.3 Å². The predicted molar refractivity (Wildman–Crippen MR) is 234 cm³/mol. The molecule has 0 aromatic heterocycles. The van der Waals surface area contributed by atoms with E-state index >= 15 is 0 Å². The summed E-state index contributed by atoms with van der Waals surface area (Å²) in [7, 11) is 0. The quantitative estimate of drug-likeness (QED) is 0.101. The zero-order valence-corrected chi connectivity index (χ0v) is 40.3. The van der Waals surface area contributed by atoms with E-state index in [0.717, 1.165) is 48.4 Å². The molecule has 4 saturated carbocycles. The molecule has 7 nitrogen and oxygen atoms in total. The Morgan fingerprint density at radius 2 is 0.717 bits per heavy atom. The van der Waals surface area contributed by atoms with Crippen LogP contribution in [0.3, 0.4) is 0 Å². The minimum Gasteiger partial charge on any atom is -0.412 e. The Kier molecular flexibility index (Phi) is 68.0. The van der Waals surface area contributed by atoms with Crippen molar-refractivity contribution in [1.82, 2.24) is 0 Å². The summed E-state index contributed by atoms with van der Waals surface area (Å²) in [6, 6.07) is 0. The van der Waals surface area contributed by atoms with Gasteiger partial charge in [-0.15, -0.1) is 0 Å². The molecule has 4 unspecified atom stereocenters. The van der Waals surface area contributed by atoms with E-state index in [1.54, 1.807) is 0 Å². The molecule has 0 bridgehead atoms. The van der Waals surface area contributed by atoms with Crippen molar-refractivity contribution >= 4 is 23.5 Å². The topological polar surface area (TPSA) is 153 Å². The van der Waals surface area contributed by atoms with Crippen LogP contribution in [-0.2, 0) is 43.6 Å².